The normalized spacial score (nSPS) is 23.9. The van der Waals surface area contributed by atoms with E-state index in [4.69, 9.17) is 5.73 Å². The molecule has 20 heavy (non-hydrogen) atoms. The van der Waals surface area contributed by atoms with E-state index in [1.54, 1.807) is 0 Å². The van der Waals surface area contributed by atoms with Crippen LogP contribution in [0.4, 0.5) is 0 Å². The Kier molecular flexibility index (Phi) is 6.09. The van der Waals surface area contributed by atoms with Gasteiger partial charge in [0.05, 0.1) is 0 Å². The van der Waals surface area contributed by atoms with Gasteiger partial charge in [0.1, 0.15) is 0 Å². The van der Waals surface area contributed by atoms with Crippen molar-refractivity contribution in [1.82, 2.24) is 0 Å². The molecule has 0 bridgehead atoms. The van der Waals surface area contributed by atoms with Gasteiger partial charge < -0.3 is 5.73 Å². The first-order valence-corrected chi connectivity index (χ1v) is 8.59. The standard InChI is InChI=1S/C19H31N/c1-3-5-9-15(4-2)14-17-12-8-11-16-10-6-7-13-18(16)19(17)20/h6-7,10,13,15,17,19H,3-5,8-9,11-12,14,20H2,1-2H3. The highest BCUT2D eigenvalue weighted by molar-refractivity contribution is 5.31. The fourth-order valence-electron chi connectivity index (χ4n) is 3.75. The van der Waals surface area contributed by atoms with E-state index in [1.807, 2.05) is 0 Å². The fourth-order valence-corrected chi connectivity index (χ4v) is 3.75. The maximum absolute atomic E-state index is 6.62. The van der Waals surface area contributed by atoms with Crippen molar-refractivity contribution in [3.8, 4) is 0 Å². The van der Waals surface area contributed by atoms with Gasteiger partial charge in [-0.05, 0) is 48.6 Å². The quantitative estimate of drug-likeness (QED) is 0.704. The van der Waals surface area contributed by atoms with Crippen LogP contribution in [0.25, 0.3) is 0 Å². The number of benzene rings is 1. The Bertz CT molecular complexity index is 399. The molecule has 2 rings (SSSR count). The van der Waals surface area contributed by atoms with Crippen LogP contribution in [0.2, 0.25) is 0 Å². The van der Waals surface area contributed by atoms with Crippen molar-refractivity contribution in [1.29, 1.82) is 0 Å². The molecule has 0 fully saturated rings. The van der Waals surface area contributed by atoms with Gasteiger partial charge in [-0.15, -0.1) is 0 Å². The number of unbranched alkanes of at least 4 members (excludes halogenated alkanes) is 1. The Morgan fingerprint density at radius 1 is 1.25 bits per heavy atom. The van der Waals surface area contributed by atoms with Crippen LogP contribution < -0.4 is 5.73 Å². The van der Waals surface area contributed by atoms with Crippen molar-refractivity contribution < 1.29 is 0 Å². The average molecular weight is 273 g/mol. The Morgan fingerprint density at radius 2 is 2.05 bits per heavy atom. The monoisotopic (exact) mass is 273 g/mol. The second-order valence-corrected chi connectivity index (χ2v) is 6.53. The lowest BCUT2D eigenvalue weighted by Gasteiger charge is -2.27. The van der Waals surface area contributed by atoms with E-state index < -0.39 is 0 Å². The summed E-state index contributed by atoms with van der Waals surface area (Å²) in [6.07, 6.45) is 10.5. The molecular formula is C19H31N. The zero-order valence-corrected chi connectivity index (χ0v) is 13.3. The molecule has 1 aromatic rings. The molecule has 2 N–H and O–H groups in total. The van der Waals surface area contributed by atoms with Crippen molar-refractivity contribution >= 4 is 0 Å². The maximum atomic E-state index is 6.62. The third-order valence-corrected chi connectivity index (χ3v) is 5.12. The van der Waals surface area contributed by atoms with Crippen LogP contribution in [0.1, 0.15) is 76.0 Å². The van der Waals surface area contributed by atoms with Gasteiger partial charge in [0, 0.05) is 6.04 Å². The van der Waals surface area contributed by atoms with Crippen LogP contribution in [0.3, 0.4) is 0 Å². The van der Waals surface area contributed by atoms with Crippen LogP contribution in [0, 0.1) is 11.8 Å². The Hall–Kier alpha value is -0.820. The Labute approximate surface area is 125 Å². The lowest BCUT2D eigenvalue weighted by Crippen LogP contribution is -2.23. The minimum Gasteiger partial charge on any atom is -0.324 e. The van der Waals surface area contributed by atoms with Gasteiger partial charge in [-0.1, -0.05) is 63.8 Å². The number of fused-ring (bicyclic) bond motifs is 1. The molecular weight excluding hydrogens is 242 g/mol. The van der Waals surface area contributed by atoms with Crippen molar-refractivity contribution in [2.75, 3.05) is 0 Å². The van der Waals surface area contributed by atoms with E-state index in [1.165, 1.54) is 62.5 Å². The molecule has 0 aliphatic heterocycles. The predicted molar refractivity (Wildman–Crippen MR) is 87.7 cm³/mol. The molecule has 0 heterocycles. The minimum absolute atomic E-state index is 0.254. The molecule has 0 amide bonds. The summed E-state index contributed by atoms with van der Waals surface area (Å²) in [4.78, 5) is 0. The first-order chi connectivity index (χ1) is 9.76. The van der Waals surface area contributed by atoms with Crippen LogP contribution >= 0.6 is 0 Å². The van der Waals surface area contributed by atoms with E-state index in [0.29, 0.717) is 5.92 Å². The summed E-state index contributed by atoms with van der Waals surface area (Å²) in [5, 5.41) is 0. The van der Waals surface area contributed by atoms with E-state index in [2.05, 4.69) is 38.1 Å². The van der Waals surface area contributed by atoms with Crippen molar-refractivity contribution in [3.63, 3.8) is 0 Å². The van der Waals surface area contributed by atoms with E-state index in [-0.39, 0.29) is 6.04 Å². The molecule has 1 aliphatic carbocycles. The van der Waals surface area contributed by atoms with Gasteiger partial charge in [0.25, 0.3) is 0 Å². The maximum Gasteiger partial charge on any atom is 0.0326 e. The summed E-state index contributed by atoms with van der Waals surface area (Å²) in [6.45, 7) is 4.64. The highest BCUT2D eigenvalue weighted by Crippen LogP contribution is 2.36. The molecule has 1 aliphatic rings. The smallest absolute Gasteiger partial charge is 0.0326 e. The lowest BCUT2D eigenvalue weighted by atomic mass is 9.81. The van der Waals surface area contributed by atoms with Crippen LogP contribution in [0.5, 0.6) is 0 Å². The summed E-state index contributed by atoms with van der Waals surface area (Å²) in [6, 6.07) is 9.08. The highest BCUT2D eigenvalue weighted by Gasteiger charge is 2.26. The van der Waals surface area contributed by atoms with Crippen molar-refractivity contribution in [2.24, 2.45) is 17.6 Å². The van der Waals surface area contributed by atoms with Gasteiger partial charge in [-0.2, -0.15) is 0 Å². The first-order valence-electron chi connectivity index (χ1n) is 8.59. The van der Waals surface area contributed by atoms with Crippen molar-refractivity contribution in [3.05, 3.63) is 35.4 Å². The fraction of sp³-hybridized carbons (Fsp3) is 0.684. The van der Waals surface area contributed by atoms with E-state index in [9.17, 15) is 0 Å². The molecule has 0 saturated carbocycles. The summed E-state index contributed by atoms with van der Waals surface area (Å²) in [7, 11) is 0. The summed E-state index contributed by atoms with van der Waals surface area (Å²) in [5.74, 6) is 1.55. The molecule has 1 heteroatoms. The second-order valence-electron chi connectivity index (χ2n) is 6.53. The van der Waals surface area contributed by atoms with Gasteiger partial charge in [-0.3, -0.25) is 0 Å². The Balaban J connectivity index is 2.05. The lowest BCUT2D eigenvalue weighted by molar-refractivity contribution is 0.288. The number of aryl methyl sites for hydroxylation is 1. The largest absolute Gasteiger partial charge is 0.324 e. The molecule has 0 aromatic heterocycles. The van der Waals surface area contributed by atoms with Gasteiger partial charge >= 0.3 is 0 Å². The van der Waals surface area contributed by atoms with Crippen LogP contribution in [0.15, 0.2) is 24.3 Å². The van der Waals surface area contributed by atoms with E-state index >= 15 is 0 Å². The SMILES string of the molecule is CCCCC(CC)CC1CCCc2ccccc2C1N. The zero-order valence-electron chi connectivity index (χ0n) is 13.3. The molecule has 1 aromatic carbocycles. The van der Waals surface area contributed by atoms with E-state index in [0.717, 1.165) is 5.92 Å². The molecule has 3 atom stereocenters. The zero-order chi connectivity index (χ0) is 14.4. The number of hydrogen-bond donors (Lipinski definition) is 1. The molecule has 0 radical (unpaired) electrons. The number of hydrogen-bond acceptors (Lipinski definition) is 1. The highest BCUT2D eigenvalue weighted by atomic mass is 14.7. The topological polar surface area (TPSA) is 26.0 Å². The third-order valence-electron chi connectivity index (χ3n) is 5.12. The van der Waals surface area contributed by atoms with Gasteiger partial charge in [0.15, 0.2) is 0 Å². The second kappa shape index (κ2) is 7.83. The van der Waals surface area contributed by atoms with Gasteiger partial charge in [-0.25, -0.2) is 0 Å². The molecule has 1 nitrogen and oxygen atoms in total. The summed E-state index contributed by atoms with van der Waals surface area (Å²) >= 11 is 0. The molecule has 0 spiro atoms. The number of rotatable bonds is 6. The molecule has 3 unspecified atom stereocenters. The third kappa shape index (κ3) is 3.85. The minimum atomic E-state index is 0.254. The number of nitrogens with two attached hydrogens (primary N) is 1. The Morgan fingerprint density at radius 3 is 2.80 bits per heavy atom. The van der Waals surface area contributed by atoms with Crippen molar-refractivity contribution in [2.45, 2.75) is 71.3 Å². The predicted octanol–water partition coefficient (Wildman–Crippen LogP) is 5.25. The molecule has 0 saturated heterocycles. The first kappa shape index (κ1) is 15.6. The van der Waals surface area contributed by atoms with Crippen LogP contribution in [-0.4, -0.2) is 0 Å². The van der Waals surface area contributed by atoms with Gasteiger partial charge in [0.2, 0.25) is 0 Å². The summed E-state index contributed by atoms with van der Waals surface area (Å²) in [5.41, 5.74) is 9.53. The van der Waals surface area contributed by atoms with Crippen LogP contribution in [-0.2, 0) is 6.42 Å². The average Bonchev–Trinajstić information content (AvgIpc) is 2.64. The molecule has 112 valence electrons. The summed E-state index contributed by atoms with van der Waals surface area (Å²) < 4.78 is 0.